The zero-order valence-electron chi connectivity index (χ0n) is 14.7. The van der Waals surface area contributed by atoms with Crippen molar-refractivity contribution in [2.24, 2.45) is 0 Å². The molecule has 140 valence electrons. The van der Waals surface area contributed by atoms with Crippen LogP contribution in [-0.2, 0) is 17.9 Å². The summed E-state index contributed by atoms with van der Waals surface area (Å²) < 4.78 is 19.2. The van der Waals surface area contributed by atoms with Gasteiger partial charge < -0.3 is 20.1 Å². The van der Waals surface area contributed by atoms with Gasteiger partial charge in [0, 0.05) is 36.6 Å². The molecule has 1 unspecified atom stereocenters. The number of carbonyl (C=O) groups excluding carboxylic acids is 1. The molecule has 1 aliphatic heterocycles. The highest BCUT2D eigenvalue weighted by Gasteiger charge is 2.41. The molecule has 2 N–H and O–H groups in total. The third-order valence-corrected chi connectivity index (χ3v) is 5.49. The number of hydrogen-bond acceptors (Lipinski definition) is 5. The highest BCUT2D eigenvalue weighted by Crippen LogP contribution is 2.26. The maximum atomic E-state index is 14.1. The number of likely N-dealkylation sites (tertiary alicyclic amines) is 1. The molecule has 1 aliphatic rings. The number of piperidine rings is 1. The van der Waals surface area contributed by atoms with Crippen LogP contribution in [0.4, 0.5) is 4.39 Å². The summed E-state index contributed by atoms with van der Waals surface area (Å²) >= 11 is 1.62. The Hall–Kier alpha value is -1.96. The van der Waals surface area contributed by atoms with Crippen LogP contribution in [0.2, 0.25) is 0 Å². The van der Waals surface area contributed by atoms with Crippen molar-refractivity contribution in [2.75, 3.05) is 20.2 Å². The van der Waals surface area contributed by atoms with E-state index in [1.54, 1.807) is 23.5 Å². The second kappa shape index (κ2) is 8.16. The fraction of sp³-hybridized carbons (Fsp3) is 0.421. The van der Waals surface area contributed by atoms with Gasteiger partial charge >= 0.3 is 0 Å². The van der Waals surface area contributed by atoms with Gasteiger partial charge in [-0.3, -0.25) is 4.79 Å². The number of aliphatic hydroxyl groups is 1. The molecule has 1 aromatic carbocycles. The maximum absolute atomic E-state index is 14.1. The number of amides is 1. The first-order valence-corrected chi connectivity index (χ1v) is 9.47. The number of nitrogens with one attached hydrogen (secondary N) is 1. The van der Waals surface area contributed by atoms with Gasteiger partial charge in [-0.05, 0) is 42.5 Å². The van der Waals surface area contributed by atoms with Gasteiger partial charge in [-0.15, -0.1) is 11.3 Å². The zero-order valence-corrected chi connectivity index (χ0v) is 15.5. The van der Waals surface area contributed by atoms with Crippen molar-refractivity contribution in [1.82, 2.24) is 10.2 Å². The van der Waals surface area contributed by atoms with Crippen LogP contribution < -0.4 is 10.1 Å². The van der Waals surface area contributed by atoms with Gasteiger partial charge in [0.05, 0.1) is 7.11 Å². The number of carbonyl (C=O) groups is 1. The smallest absolute Gasteiger partial charge is 0.256 e. The molecule has 2 aromatic rings. The molecule has 0 aliphatic carbocycles. The molecule has 1 atom stereocenters. The van der Waals surface area contributed by atoms with Crippen molar-refractivity contribution >= 4 is 17.2 Å². The second-order valence-corrected chi connectivity index (χ2v) is 7.53. The van der Waals surface area contributed by atoms with Crippen molar-refractivity contribution in [3.8, 4) is 5.75 Å². The minimum absolute atomic E-state index is 0.120. The fourth-order valence-electron chi connectivity index (χ4n) is 3.19. The summed E-state index contributed by atoms with van der Waals surface area (Å²) in [5.74, 6) is -0.202. The summed E-state index contributed by atoms with van der Waals surface area (Å²) in [5, 5.41) is 16.0. The molecule has 0 bridgehead atoms. The van der Waals surface area contributed by atoms with E-state index in [0.29, 0.717) is 37.2 Å². The lowest BCUT2D eigenvalue weighted by Gasteiger charge is -2.38. The Bertz CT molecular complexity index is 753. The largest absolute Gasteiger partial charge is 0.497 e. The molecule has 1 fully saturated rings. The first kappa shape index (κ1) is 18.8. The highest BCUT2D eigenvalue weighted by atomic mass is 32.1. The Kier molecular flexibility index (Phi) is 5.90. The Morgan fingerprint density at radius 1 is 1.42 bits per heavy atom. The summed E-state index contributed by atoms with van der Waals surface area (Å²) in [4.78, 5) is 15.5. The van der Waals surface area contributed by atoms with Crippen LogP contribution in [0.25, 0.3) is 0 Å². The molecule has 2 heterocycles. The minimum atomic E-state index is -1.45. The molecule has 1 aromatic heterocycles. The van der Waals surface area contributed by atoms with E-state index in [9.17, 15) is 14.3 Å². The van der Waals surface area contributed by atoms with E-state index in [0.717, 1.165) is 4.88 Å². The van der Waals surface area contributed by atoms with E-state index < -0.39 is 5.60 Å². The van der Waals surface area contributed by atoms with E-state index in [4.69, 9.17) is 4.74 Å². The van der Waals surface area contributed by atoms with Gasteiger partial charge in [0.2, 0.25) is 0 Å². The quantitative estimate of drug-likeness (QED) is 0.777. The Morgan fingerprint density at radius 3 is 3.00 bits per heavy atom. The molecule has 1 saturated heterocycles. The highest BCUT2D eigenvalue weighted by molar-refractivity contribution is 7.09. The van der Waals surface area contributed by atoms with E-state index in [-0.39, 0.29) is 24.8 Å². The maximum Gasteiger partial charge on any atom is 0.256 e. The number of nitrogens with zero attached hydrogens (tertiary/aromatic N) is 1. The van der Waals surface area contributed by atoms with Crippen LogP contribution in [-0.4, -0.2) is 41.7 Å². The third kappa shape index (κ3) is 4.23. The van der Waals surface area contributed by atoms with Crippen molar-refractivity contribution < 1.29 is 19.0 Å². The van der Waals surface area contributed by atoms with Crippen LogP contribution in [0.1, 0.15) is 23.3 Å². The minimum Gasteiger partial charge on any atom is -0.497 e. The summed E-state index contributed by atoms with van der Waals surface area (Å²) in [6.07, 6.45) is 1.08. The Morgan fingerprint density at radius 2 is 2.27 bits per heavy atom. The topological polar surface area (TPSA) is 61.8 Å². The summed E-state index contributed by atoms with van der Waals surface area (Å²) in [7, 11) is 1.51. The molecule has 1 amide bonds. The monoisotopic (exact) mass is 378 g/mol. The first-order valence-electron chi connectivity index (χ1n) is 8.59. The SMILES string of the molecule is COc1ccc(F)c(CN2CCCC(O)(CNCc3cccs3)C2=O)c1. The van der Waals surface area contributed by atoms with Gasteiger partial charge in [0.1, 0.15) is 11.6 Å². The Labute approximate surface area is 156 Å². The molecule has 0 radical (unpaired) electrons. The zero-order chi connectivity index (χ0) is 18.6. The van der Waals surface area contributed by atoms with Crippen LogP contribution in [0, 0.1) is 5.82 Å². The van der Waals surface area contributed by atoms with Crippen LogP contribution >= 0.6 is 11.3 Å². The van der Waals surface area contributed by atoms with Crippen LogP contribution in [0.3, 0.4) is 0 Å². The van der Waals surface area contributed by atoms with Crippen molar-refractivity contribution in [1.29, 1.82) is 0 Å². The number of methoxy groups -OCH3 is 1. The van der Waals surface area contributed by atoms with Crippen LogP contribution in [0.15, 0.2) is 35.7 Å². The van der Waals surface area contributed by atoms with Gasteiger partial charge in [0.25, 0.3) is 5.91 Å². The molecular weight excluding hydrogens is 355 g/mol. The normalized spacial score (nSPS) is 20.4. The first-order chi connectivity index (χ1) is 12.5. The molecule has 0 saturated carbocycles. The molecule has 26 heavy (non-hydrogen) atoms. The average molecular weight is 378 g/mol. The van der Waals surface area contributed by atoms with Gasteiger partial charge in [-0.25, -0.2) is 4.39 Å². The van der Waals surface area contributed by atoms with E-state index in [1.165, 1.54) is 18.1 Å². The molecule has 0 spiro atoms. The summed E-state index contributed by atoms with van der Waals surface area (Å²) in [6, 6.07) is 8.43. The number of hydrogen-bond donors (Lipinski definition) is 2. The predicted octanol–water partition coefficient (Wildman–Crippen LogP) is 2.54. The third-order valence-electron chi connectivity index (χ3n) is 4.61. The number of halogens is 1. The Balaban J connectivity index is 1.65. The standard InChI is InChI=1S/C19H23FN2O3S/c1-25-15-5-6-17(20)14(10-15)12-22-8-3-7-19(24,18(22)23)13-21-11-16-4-2-9-26-16/h2,4-6,9-10,21,24H,3,7-8,11-13H2,1H3. The molecule has 7 heteroatoms. The lowest BCUT2D eigenvalue weighted by Crippen LogP contribution is -2.57. The fourth-order valence-corrected chi connectivity index (χ4v) is 3.87. The lowest BCUT2D eigenvalue weighted by molar-refractivity contribution is -0.157. The van der Waals surface area contributed by atoms with Crippen LogP contribution in [0.5, 0.6) is 5.75 Å². The van der Waals surface area contributed by atoms with Gasteiger partial charge in [0.15, 0.2) is 5.60 Å². The van der Waals surface area contributed by atoms with Gasteiger partial charge in [-0.1, -0.05) is 6.07 Å². The number of benzene rings is 1. The van der Waals surface area contributed by atoms with Crippen molar-refractivity contribution in [3.63, 3.8) is 0 Å². The number of rotatable bonds is 7. The van der Waals surface area contributed by atoms with E-state index in [1.807, 2.05) is 17.5 Å². The number of ether oxygens (including phenoxy) is 1. The molecular formula is C19H23FN2O3S. The summed E-state index contributed by atoms with van der Waals surface area (Å²) in [5.41, 5.74) is -1.07. The second-order valence-electron chi connectivity index (χ2n) is 6.50. The van der Waals surface area contributed by atoms with E-state index >= 15 is 0 Å². The predicted molar refractivity (Wildman–Crippen MR) is 98.6 cm³/mol. The van der Waals surface area contributed by atoms with E-state index in [2.05, 4.69) is 5.32 Å². The number of thiophene rings is 1. The van der Waals surface area contributed by atoms with Gasteiger partial charge in [-0.2, -0.15) is 0 Å². The summed E-state index contributed by atoms with van der Waals surface area (Å²) in [6.45, 7) is 1.41. The van der Waals surface area contributed by atoms with Crippen molar-refractivity contribution in [2.45, 2.75) is 31.5 Å². The van der Waals surface area contributed by atoms with Crippen molar-refractivity contribution in [3.05, 3.63) is 52.0 Å². The average Bonchev–Trinajstić information content (AvgIpc) is 3.14. The molecule has 5 nitrogen and oxygen atoms in total. The molecule has 3 rings (SSSR count). The lowest BCUT2D eigenvalue weighted by atomic mass is 9.91.